The van der Waals surface area contributed by atoms with Crippen molar-refractivity contribution in [2.45, 2.75) is 19.9 Å². The number of hydrogen-bond acceptors (Lipinski definition) is 5. The van der Waals surface area contributed by atoms with E-state index in [1.165, 1.54) is 12.1 Å². The van der Waals surface area contributed by atoms with Gasteiger partial charge in [-0.2, -0.15) is 10.5 Å². The lowest BCUT2D eigenvalue weighted by molar-refractivity contribution is -0.140. The van der Waals surface area contributed by atoms with E-state index >= 15 is 0 Å². The molecule has 0 aromatic heterocycles. The van der Waals surface area contributed by atoms with Crippen molar-refractivity contribution < 1.29 is 14.7 Å². The first-order chi connectivity index (χ1) is 10.9. The molecule has 1 atom stereocenters. The zero-order chi connectivity index (χ0) is 17.4. The molecule has 23 heavy (non-hydrogen) atoms. The van der Waals surface area contributed by atoms with E-state index in [0.29, 0.717) is 0 Å². The average molecular weight is 312 g/mol. The van der Waals surface area contributed by atoms with Gasteiger partial charge in [0, 0.05) is 6.20 Å². The molecule has 0 aliphatic rings. The van der Waals surface area contributed by atoms with Crippen molar-refractivity contribution in [3.63, 3.8) is 0 Å². The molecule has 0 radical (unpaired) electrons. The molecule has 0 bridgehead atoms. The predicted octanol–water partition coefficient (Wildman–Crippen LogP) is 1.60. The Balaban J connectivity index is 2.91. The lowest BCUT2D eigenvalue weighted by Crippen LogP contribution is -2.38. The highest BCUT2D eigenvalue weighted by Gasteiger charge is 2.20. The summed E-state index contributed by atoms with van der Waals surface area (Å²) in [6.45, 7) is 3.41. The molecular weight excluding hydrogens is 296 g/mol. The van der Waals surface area contributed by atoms with Crippen LogP contribution in [0.2, 0.25) is 0 Å². The molecule has 1 aromatic rings. The van der Waals surface area contributed by atoms with E-state index in [1.807, 2.05) is 6.07 Å². The summed E-state index contributed by atoms with van der Waals surface area (Å²) in [7, 11) is 0. The minimum Gasteiger partial charge on any atom is -0.480 e. The summed E-state index contributed by atoms with van der Waals surface area (Å²) in [5.41, 5.74) is 0.251. The molecule has 0 saturated heterocycles. The van der Waals surface area contributed by atoms with Gasteiger partial charge in [0.1, 0.15) is 23.8 Å². The van der Waals surface area contributed by atoms with Gasteiger partial charge in [-0.05, 0) is 18.1 Å². The molecular formula is C16H16N4O3. The number of para-hydroxylation sites is 1. The molecule has 7 nitrogen and oxygen atoms in total. The number of hydrogen-bond donors (Lipinski definition) is 3. The van der Waals surface area contributed by atoms with Crippen molar-refractivity contribution in [3.05, 3.63) is 41.6 Å². The molecule has 1 aromatic carbocycles. The van der Waals surface area contributed by atoms with Crippen LogP contribution in [0.15, 0.2) is 36.0 Å². The second kappa shape index (κ2) is 8.20. The van der Waals surface area contributed by atoms with Crippen LogP contribution in [0.1, 0.15) is 19.4 Å². The highest BCUT2D eigenvalue weighted by molar-refractivity contribution is 6.07. The number of nitrogens with zero attached hydrogens (tertiary/aromatic N) is 2. The zero-order valence-corrected chi connectivity index (χ0v) is 12.7. The fourth-order valence-corrected chi connectivity index (χ4v) is 1.75. The summed E-state index contributed by atoms with van der Waals surface area (Å²) >= 11 is 0. The Morgan fingerprint density at radius 1 is 1.26 bits per heavy atom. The van der Waals surface area contributed by atoms with Crippen LogP contribution in [-0.4, -0.2) is 23.0 Å². The number of carboxylic acids is 1. The normalized spacial score (nSPS) is 12.0. The number of carbonyl (C=O) groups is 2. The number of rotatable bonds is 6. The van der Waals surface area contributed by atoms with Gasteiger partial charge in [-0.1, -0.05) is 26.0 Å². The van der Waals surface area contributed by atoms with Crippen molar-refractivity contribution in [2.24, 2.45) is 5.92 Å². The first kappa shape index (κ1) is 17.7. The zero-order valence-electron chi connectivity index (χ0n) is 12.7. The fraction of sp³-hybridized carbons (Fsp3) is 0.250. The summed E-state index contributed by atoms with van der Waals surface area (Å²) in [4.78, 5) is 23.1. The van der Waals surface area contributed by atoms with Crippen molar-refractivity contribution in [3.8, 4) is 12.1 Å². The molecule has 0 fully saturated rings. The molecule has 0 aliphatic carbocycles. The summed E-state index contributed by atoms with van der Waals surface area (Å²) < 4.78 is 0. The molecule has 1 unspecified atom stereocenters. The van der Waals surface area contributed by atoms with E-state index in [-0.39, 0.29) is 22.7 Å². The van der Waals surface area contributed by atoms with Gasteiger partial charge in [0.15, 0.2) is 0 Å². The third-order valence-electron chi connectivity index (χ3n) is 3.00. The number of benzene rings is 1. The Hall–Kier alpha value is -3.32. The van der Waals surface area contributed by atoms with E-state index in [9.17, 15) is 9.59 Å². The number of carbonyl (C=O) groups excluding carboxylic acids is 1. The van der Waals surface area contributed by atoms with Crippen LogP contribution in [0.4, 0.5) is 5.69 Å². The summed E-state index contributed by atoms with van der Waals surface area (Å²) in [5, 5.41) is 32.1. The highest BCUT2D eigenvalue weighted by atomic mass is 16.4. The first-order valence-electron chi connectivity index (χ1n) is 6.80. The summed E-state index contributed by atoms with van der Waals surface area (Å²) in [5.74, 6) is -2.04. The molecule has 0 heterocycles. The van der Waals surface area contributed by atoms with Crippen LogP contribution in [0.25, 0.3) is 0 Å². The number of anilines is 1. The molecule has 0 spiro atoms. The van der Waals surface area contributed by atoms with Crippen molar-refractivity contribution >= 4 is 17.6 Å². The summed E-state index contributed by atoms with van der Waals surface area (Å²) in [6, 6.07) is 9.07. The van der Waals surface area contributed by atoms with E-state index in [4.69, 9.17) is 15.6 Å². The molecule has 118 valence electrons. The topological polar surface area (TPSA) is 126 Å². The van der Waals surface area contributed by atoms with Crippen LogP contribution < -0.4 is 10.6 Å². The predicted molar refractivity (Wildman–Crippen MR) is 82.9 cm³/mol. The van der Waals surface area contributed by atoms with E-state index in [1.54, 1.807) is 32.0 Å². The maximum Gasteiger partial charge on any atom is 0.326 e. The third kappa shape index (κ3) is 4.87. The van der Waals surface area contributed by atoms with Crippen molar-refractivity contribution in [1.82, 2.24) is 5.32 Å². The monoisotopic (exact) mass is 312 g/mol. The number of nitriles is 2. The van der Waals surface area contributed by atoms with Gasteiger partial charge in [-0.3, -0.25) is 4.79 Å². The third-order valence-corrected chi connectivity index (χ3v) is 3.00. The first-order valence-corrected chi connectivity index (χ1v) is 6.80. The molecule has 7 heteroatoms. The minimum atomic E-state index is -1.08. The van der Waals surface area contributed by atoms with Crippen molar-refractivity contribution in [2.75, 3.05) is 5.32 Å². The minimum absolute atomic E-state index is 0.230. The van der Waals surface area contributed by atoms with Gasteiger partial charge in [0.25, 0.3) is 5.91 Å². The molecule has 0 saturated carbocycles. The number of nitrogens with one attached hydrogen (secondary N) is 2. The number of aliphatic carboxylic acids is 1. The van der Waals surface area contributed by atoms with Gasteiger partial charge >= 0.3 is 5.97 Å². The van der Waals surface area contributed by atoms with Gasteiger partial charge in [0.2, 0.25) is 0 Å². The van der Waals surface area contributed by atoms with Gasteiger partial charge in [-0.25, -0.2) is 4.79 Å². The Kier molecular flexibility index (Phi) is 6.32. The van der Waals surface area contributed by atoms with Crippen molar-refractivity contribution in [1.29, 1.82) is 10.5 Å². The maximum atomic E-state index is 12.1. The SMILES string of the molecule is CC(C)C(N/C=C(/C#N)C(=O)Nc1ccccc1C#N)C(=O)O. The Labute approximate surface area is 133 Å². The lowest BCUT2D eigenvalue weighted by Gasteiger charge is -2.16. The highest BCUT2D eigenvalue weighted by Crippen LogP contribution is 2.14. The molecule has 0 aliphatic heterocycles. The smallest absolute Gasteiger partial charge is 0.326 e. The van der Waals surface area contributed by atoms with Crippen LogP contribution in [-0.2, 0) is 9.59 Å². The standard InChI is InChI=1S/C16H16N4O3/c1-10(2)14(16(22)23)19-9-12(8-18)15(21)20-13-6-4-3-5-11(13)7-17/h3-6,9-10,14,19H,1-2H3,(H,20,21)(H,22,23)/b12-9-. The molecule has 3 N–H and O–H groups in total. The molecule has 1 amide bonds. The van der Waals surface area contributed by atoms with Gasteiger partial charge in [-0.15, -0.1) is 0 Å². The van der Waals surface area contributed by atoms with E-state index in [0.717, 1.165) is 6.20 Å². The Morgan fingerprint density at radius 3 is 2.43 bits per heavy atom. The van der Waals surface area contributed by atoms with E-state index < -0.39 is 17.9 Å². The van der Waals surface area contributed by atoms with E-state index in [2.05, 4.69) is 10.6 Å². The Morgan fingerprint density at radius 2 is 1.91 bits per heavy atom. The lowest BCUT2D eigenvalue weighted by atomic mass is 10.1. The maximum absolute atomic E-state index is 12.1. The summed E-state index contributed by atoms with van der Waals surface area (Å²) in [6.07, 6.45) is 1.07. The second-order valence-electron chi connectivity index (χ2n) is 5.01. The second-order valence-corrected chi connectivity index (χ2v) is 5.01. The fourth-order valence-electron chi connectivity index (χ4n) is 1.75. The largest absolute Gasteiger partial charge is 0.480 e. The van der Waals surface area contributed by atoms with Crippen LogP contribution in [0, 0.1) is 28.6 Å². The van der Waals surface area contributed by atoms with Gasteiger partial charge < -0.3 is 15.7 Å². The average Bonchev–Trinajstić information content (AvgIpc) is 2.51. The molecule has 1 rings (SSSR count). The number of carboxylic acid groups (broad SMARTS) is 1. The van der Waals surface area contributed by atoms with Gasteiger partial charge in [0.05, 0.1) is 11.3 Å². The van der Waals surface area contributed by atoms with Crippen LogP contribution >= 0.6 is 0 Å². The quantitative estimate of drug-likeness (QED) is 0.541. The van der Waals surface area contributed by atoms with Crippen LogP contribution in [0.3, 0.4) is 0 Å². The Bertz CT molecular complexity index is 711. The van der Waals surface area contributed by atoms with Crippen LogP contribution in [0.5, 0.6) is 0 Å². The number of amides is 1.